The maximum absolute atomic E-state index is 12.9. The van der Waals surface area contributed by atoms with E-state index in [4.69, 9.17) is 4.42 Å². The molecule has 1 aromatic carbocycles. The van der Waals surface area contributed by atoms with Gasteiger partial charge in [-0.1, -0.05) is 23.5 Å². The summed E-state index contributed by atoms with van der Waals surface area (Å²) in [5.41, 5.74) is 1.02. The molecule has 0 N–H and O–H groups in total. The van der Waals surface area contributed by atoms with Gasteiger partial charge in [0.05, 0.1) is 6.54 Å². The van der Waals surface area contributed by atoms with E-state index in [9.17, 15) is 4.39 Å². The lowest BCUT2D eigenvalue weighted by atomic mass is 10.2. The van der Waals surface area contributed by atoms with Crippen molar-refractivity contribution in [2.45, 2.75) is 19.9 Å². The van der Waals surface area contributed by atoms with E-state index in [1.165, 1.54) is 23.5 Å². The Morgan fingerprint density at radius 1 is 1.14 bits per heavy atom. The number of aryl methyl sites for hydroxylation is 1. The molecule has 0 amide bonds. The van der Waals surface area contributed by atoms with Crippen molar-refractivity contribution in [2.24, 2.45) is 0 Å². The van der Waals surface area contributed by atoms with E-state index in [1.807, 2.05) is 31.0 Å². The fourth-order valence-corrected chi connectivity index (χ4v) is 2.95. The Balaban J connectivity index is 1.66. The van der Waals surface area contributed by atoms with Crippen LogP contribution in [0.1, 0.15) is 22.1 Å². The maximum atomic E-state index is 12.9. The van der Waals surface area contributed by atoms with Crippen LogP contribution in [0.5, 0.6) is 0 Å². The number of anilines is 1. The molecule has 22 heavy (non-hydrogen) atoms. The summed E-state index contributed by atoms with van der Waals surface area (Å²) in [7, 11) is 1.96. The third-order valence-electron chi connectivity index (χ3n) is 3.24. The molecular weight excluding hydrogens is 301 g/mol. The zero-order chi connectivity index (χ0) is 15.5. The van der Waals surface area contributed by atoms with Gasteiger partial charge in [0.15, 0.2) is 0 Å². The summed E-state index contributed by atoms with van der Waals surface area (Å²) in [5.74, 6) is 1.57. The first kappa shape index (κ1) is 14.7. The van der Waals surface area contributed by atoms with E-state index in [2.05, 4.69) is 10.2 Å². The SMILES string of the molecule is Cc1ccc(CN(C)c2nnc(Cc3ccc(F)cc3)s2)o1. The van der Waals surface area contributed by atoms with Gasteiger partial charge in [0, 0.05) is 13.5 Å². The first-order valence-corrected chi connectivity index (χ1v) is 7.75. The van der Waals surface area contributed by atoms with Crippen molar-refractivity contribution in [2.75, 3.05) is 11.9 Å². The van der Waals surface area contributed by atoms with Gasteiger partial charge < -0.3 is 9.32 Å². The van der Waals surface area contributed by atoms with Gasteiger partial charge in [-0.25, -0.2) is 4.39 Å². The lowest BCUT2D eigenvalue weighted by molar-refractivity contribution is 0.481. The van der Waals surface area contributed by atoms with Crippen LogP contribution in [0.25, 0.3) is 0 Å². The van der Waals surface area contributed by atoms with Gasteiger partial charge in [-0.15, -0.1) is 10.2 Å². The monoisotopic (exact) mass is 317 g/mol. The van der Waals surface area contributed by atoms with Crippen LogP contribution in [0.2, 0.25) is 0 Å². The summed E-state index contributed by atoms with van der Waals surface area (Å²) in [4.78, 5) is 2.00. The number of rotatable bonds is 5. The highest BCUT2D eigenvalue weighted by atomic mass is 32.1. The number of benzene rings is 1. The number of aromatic nitrogens is 2. The Labute approximate surface area is 132 Å². The number of halogens is 1. The van der Waals surface area contributed by atoms with E-state index in [0.29, 0.717) is 13.0 Å². The Morgan fingerprint density at radius 2 is 1.91 bits per heavy atom. The van der Waals surface area contributed by atoms with Crippen molar-refractivity contribution in [3.63, 3.8) is 0 Å². The van der Waals surface area contributed by atoms with Crippen molar-refractivity contribution in [1.29, 1.82) is 0 Å². The van der Waals surface area contributed by atoms with Crippen LogP contribution in [-0.4, -0.2) is 17.2 Å². The summed E-state index contributed by atoms with van der Waals surface area (Å²) >= 11 is 1.53. The fraction of sp³-hybridized carbons (Fsp3) is 0.250. The highest BCUT2D eigenvalue weighted by molar-refractivity contribution is 7.15. The highest BCUT2D eigenvalue weighted by Crippen LogP contribution is 2.23. The quantitative estimate of drug-likeness (QED) is 0.718. The average Bonchev–Trinajstić information content (AvgIpc) is 3.11. The first-order valence-electron chi connectivity index (χ1n) is 6.93. The van der Waals surface area contributed by atoms with Gasteiger partial charge in [-0.05, 0) is 36.8 Å². The molecule has 0 saturated heterocycles. The van der Waals surface area contributed by atoms with E-state index in [1.54, 1.807) is 12.1 Å². The minimum atomic E-state index is -0.227. The molecule has 0 aliphatic rings. The van der Waals surface area contributed by atoms with Crippen LogP contribution in [0.15, 0.2) is 40.8 Å². The maximum Gasteiger partial charge on any atom is 0.208 e. The van der Waals surface area contributed by atoms with E-state index in [-0.39, 0.29) is 5.82 Å². The minimum Gasteiger partial charge on any atom is -0.464 e. The van der Waals surface area contributed by atoms with Crippen LogP contribution in [-0.2, 0) is 13.0 Å². The first-order chi connectivity index (χ1) is 10.6. The van der Waals surface area contributed by atoms with Crippen LogP contribution < -0.4 is 4.90 Å². The zero-order valence-corrected chi connectivity index (χ0v) is 13.2. The number of hydrogen-bond acceptors (Lipinski definition) is 5. The Morgan fingerprint density at radius 3 is 2.59 bits per heavy atom. The Hall–Kier alpha value is -2.21. The molecule has 0 aliphatic heterocycles. The van der Waals surface area contributed by atoms with Crippen molar-refractivity contribution >= 4 is 16.5 Å². The third kappa shape index (κ3) is 3.51. The molecule has 4 nitrogen and oxygen atoms in total. The molecule has 0 unspecified atom stereocenters. The molecule has 2 heterocycles. The molecule has 2 aromatic heterocycles. The van der Waals surface area contributed by atoms with E-state index < -0.39 is 0 Å². The zero-order valence-electron chi connectivity index (χ0n) is 12.4. The number of nitrogens with zero attached hydrogens (tertiary/aromatic N) is 3. The molecule has 0 radical (unpaired) electrons. The lowest BCUT2D eigenvalue weighted by Crippen LogP contribution is -2.15. The molecule has 3 rings (SSSR count). The molecule has 6 heteroatoms. The van der Waals surface area contributed by atoms with Crippen LogP contribution in [0.3, 0.4) is 0 Å². The van der Waals surface area contributed by atoms with Crippen molar-refractivity contribution < 1.29 is 8.81 Å². The fourth-order valence-electron chi connectivity index (χ4n) is 2.12. The summed E-state index contributed by atoms with van der Waals surface area (Å²) in [6.07, 6.45) is 0.658. The summed E-state index contributed by atoms with van der Waals surface area (Å²) in [6, 6.07) is 10.4. The predicted octanol–water partition coefficient (Wildman–Crippen LogP) is 3.81. The normalized spacial score (nSPS) is 10.9. The molecule has 0 bridgehead atoms. The topological polar surface area (TPSA) is 42.2 Å². The Bertz CT molecular complexity index is 751. The van der Waals surface area contributed by atoms with Gasteiger partial charge in [0.25, 0.3) is 0 Å². The van der Waals surface area contributed by atoms with Gasteiger partial charge in [-0.3, -0.25) is 0 Å². The van der Waals surface area contributed by atoms with Crippen LogP contribution in [0, 0.1) is 12.7 Å². The van der Waals surface area contributed by atoms with Crippen LogP contribution in [0.4, 0.5) is 9.52 Å². The molecule has 0 saturated carbocycles. The molecule has 114 valence electrons. The highest BCUT2D eigenvalue weighted by Gasteiger charge is 2.11. The van der Waals surface area contributed by atoms with Gasteiger partial charge in [0.2, 0.25) is 5.13 Å². The Kier molecular flexibility index (Phi) is 4.20. The van der Waals surface area contributed by atoms with Crippen molar-refractivity contribution in [3.8, 4) is 0 Å². The second-order valence-corrected chi connectivity index (χ2v) is 6.19. The van der Waals surface area contributed by atoms with Crippen LogP contribution >= 0.6 is 11.3 Å². The van der Waals surface area contributed by atoms with E-state index >= 15 is 0 Å². The summed E-state index contributed by atoms with van der Waals surface area (Å²) in [6.45, 7) is 2.58. The summed E-state index contributed by atoms with van der Waals surface area (Å²) in [5, 5.41) is 10.2. The predicted molar refractivity (Wildman–Crippen MR) is 84.7 cm³/mol. The smallest absolute Gasteiger partial charge is 0.208 e. The molecule has 0 fully saturated rings. The average molecular weight is 317 g/mol. The molecule has 3 aromatic rings. The molecule has 0 spiro atoms. The molecular formula is C16H16FN3OS. The molecule has 0 atom stereocenters. The van der Waals surface area contributed by atoms with Crippen molar-refractivity contribution in [1.82, 2.24) is 10.2 Å². The van der Waals surface area contributed by atoms with Crippen molar-refractivity contribution in [3.05, 3.63) is 64.3 Å². The largest absolute Gasteiger partial charge is 0.464 e. The minimum absolute atomic E-state index is 0.227. The molecule has 0 aliphatic carbocycles. The van der Waals surface area contributed by atoms with Gasteiger partial charge in [-0.2, -0.15) is 0 Å². The standard InChI is InChI=1S/C16H16FN3OS/c1-11-3-8-14(21-11)10-20(2)16-19-18-15(22-16)9-12-4-6-13(17)7-5-12/h3-8H,9-10H2,1-2H3. The van der Waals surface area contributed by atoms with E-state index in [0.717, 1.165) is 27.2 Å². The lowest BCUT2D eigenvalue weighted by Gasteiger charge is -2.12. The number of hydrogen-bond donors (Lipinski definition) is 0. The van der Waals surface area contributed by atoms with Gasteiger partial charge in [0.1, 0.15) is 22.3 Å². The summed E-state index contributed by atoms with van der Waals surface area (Å²) < 4.78 is 18.5. The number of furan rings is 1. The second kappa shape index (κ2) is 6.27. The van der Waals surface area contributed by atoms with Gasteiger partial charge >= 0.3 is 0 Å². The second-order valence-electron chi connectivity index (χ2n) is 5.15. The third-order valence-corrected chi connectivity index (χ3v) is 4.28.